The van der Waals surface area contributed by atoms with Gasteiger partial charge in [-0.3, -0.25) is 5.50 Å². The molecule has 0 spiro atoms. The fourth-order valence-electron chi connectivity index (χ4n) is 2.99. The van der Waals surface area contributed by atoms with Gasteiger partial charge in [0.05, 0.1) is 0 Å². The maximum absolute atomic E-state index is 12.3. The minimum atomic E-state index is -2.51. The lowest BCUT2D eigenvalue weighted by atomic mass is 9.66. The van der Waals surface area contributed by atoms with Gasteiger partial charge >= 0.3 is 0 Å². The Morgan fingerprint density at radius 3 is 1.54 bits per heavy atom. The molecule has 0 saturated carbocycles. The van der Waals surface area contributed by atoms with Gasteiger partial charge in [0.15, 0.2) is 7.29 Å². The number of rotatable bonds is 1. The maximum Gasteiger partial charge on any atom is 0.157 e. The summed E-state index contributed by atoms with van der Waals surface area (Å²) in [5.41, 5.74) is 6.09. The zero-order valence-electron chi connectivity index (χ0n) is 9.64. The van der Waals surface area contributed by atoms with Gasteiger partial charge in [-0.05, 0) is 11.8 Å². The molecule has 0 aromatic rings. The fourth-order valence-corrected chi connectivity index (χ4v) is 6.56. The highest BCUT2D eigenvalue weighted by Crippen LogP contribution is 2.83. The van der Waals surface area contributed by atoms with Crippen LogP contribution in [0.1, 0.15) is 48.0 Å². The van der Waals surface area contributed by atoms with Gasteiger partial charge in [-0.1, -0.05) is 41.5 Å². The Hall–Kier alpha value is 0.190. The maximum atomic E-state index is 12.3. The quantitative estimate of drug-likeness (QED) is 0.665. The van der Waals surface area contributed by atoms with Crippen LogP contribution in [-0.4, -0.2) is 10.3 Å². The van der Waals surface area contributed by atoms with Crippen molar-refractivity contribution in [1.29, 1.82) is 0 Å². The van der Waals surface area contributed by atoms with Gasteiger partial charge in [0.1, 0.15) is 0 Å². The third-order valence-corrected chi connectivity index (χ3v) is 9.38. The average Bonchev–Trinajstić information content (AvgIpc) is 2.00. The van der Waals surface area contributed by atoms with E-state index in [9.17, 15) is 4.57 Å². The van der Waals surface area contributed by atoms with E-state index in [0.29, 0.717) is 0 Å². The summed E-state index contributed by atoms with van der Waals surface area (Å²) in [6, 6.07) is 0. The summed E-state index contributed by atoms with van der Waals surface area (Å²) in [7, 11) is -2.51. The van der Waals surface area contributed by atoms with Crippen LogP contribution < -0.4 is 5.50 Å². The third kappa shape index (κ3) is 0.824. The van der Waals surface area contributed by atoms with Crippen molar-refractivity contribution in [2.45, 2.75) is 58.3 Å². The molecular formula is C10H22NOP. The summed E-state index contributed by atoms with van der Waals surface area (Å²) in [6.07, 6.45) is 1.04. The molecule has 1 aliphatic rings. The average molecular weight is 203 g/mol. The Bertz CT molecular complexity index is 261. The van der Waals surface area contributed by atoms with Gasteiger partial charge in [-0.25, -0.2) is 0 Å². The van der Waals surface area contributed by atoms with Crippen molar-refractivity contribution in [2.75, 3.05) is 0 Å². The third-order valence-electron chi connectivity index (χ3n) is 5.07. The van der Waals surface area contributed by atoms with E-state index in [2.05, 4.69) is 13.8 Å². The predicted molar refractivity (Wildman–Crippen MR) is 58.3 cm³/mol. The Labute approximate surface area is 81.7 Å². The summed E-state index contributed by atoms with van der Waals surface area (Å²) in [6.45, 7) is 12.5. The topological polar surface area (TPSA) is 43.1 Å². The molecule has 0 radical (unpaired) electrons. The lowest BCUT2D eigenvalue weighted by Crippen LogP contribution is -2.68. The first-order valence-corrected chi connectivity index (χ1v) is 6.72. The lowest BCUT2D eigenvalue weighted by Gasteiger charge is -2.69. The van der Waals surface area contributed by atoms with Crippen molar-refractivity contribution in [3.63, 3.8) is 0 Å². The van der Waals surface area contributed by atoms with Gasteiger partial charge in [0.25, 0.3) is 0 Å². The second-order valence-electron chi connectivity index (χ2n) is 5.46. The van der Waals surface area contributed by atoms with Gasteiger partial charge in [-0.15, -0.1) is 0 Å². The van der Waals surface area contributed by atoms with Gasteiger partial charge in [-0.2, -0.15) is 0 Å². The van der Waals surface area contributed by atoms with E-state index < -0.39 is 7.29 Å². The summed E-state index contributed by atoms with van der Waals surface area (Å²) < 4.78 is 12.3. The summed E-state index contributed by atoms with van der Waals surface area (Å²) in [4.78, 5) is 0. The molecule has 1 saturated heterocycles. The molecule has 0 amide bonds. The van der Waals surface area contributed by atoms with E-state index in [1.807, 2.05) is 27.7 Å². The van der Waals surface area contributed by atoms with Crippen LogP contribution in [0.3, 0.4) is 0 Å². The number of hydrogen-bond acceptors (Lipinski definition) is 1. The second-order valence-corrected chi connectivity index (χ2v) is 9.01. The van der Waals surface area contributed by atoms with Gasteiger partial charge in [0.2, 0.25) is 0 Å². The Morgan fingerprint density at radius 1 is 1.08 bits per heavy atom. The Kier molecular flexibility index (Phi) is 2.08. The van der Waals surface area contributed by atoms with Gasteiger partial charge < -0.3 is 4.57 Å². The summed E-state index contributed by atoms with van der Waals surface area (Å²) in [5.74, 6) is 0. The highest BCUT2D eigenvalue weighted by Gasteiger charge is 2.74. The Balaban J connectivity index is 3.26. The largest absolute Gasteiger partial charge is 0.306 e. The van der Waals surface area contributed by atoms with Crippen molar-refractivity contribution in [2.24, 2.45) is 10.9 Å². The minimum absolute atomic E-state index is 0.101. The van der Waals surface area contributed by atoms with Crippen molar-refractivity contribution in [3.05, 3.63) is 0 Å². The van der Waals surface area contributed by atoms with E-state index in [4.69, 9.17) is 5.50 Å². The smallest absolute Gasteiger partial charge is 0.157 e. The zero-order valence-corrected chi connectivity index (χ0v) is 10.5. The first-order valence-electron chi connectivity index (χ1n) is 4.95. The molecule has 1 aliphatic heterocycles. The molecule has 0 atom stereocenters. The van der Waals surface area contributed by atoms with Gasteiger partial charge in [0, 0.05) is 10.3 Å². The van der Waals surface area contributed by atoms with Crippen LogP contribution in [0.5, 0.6) is 0 Å². The van der Waals surface area contributed by atoms with E-state index in [1.165, 1.54) is 0 Å². The monoisotopic (exact) mass is 203 g/mol. The normalized spacial score (nSPS) is 47.0. The molecule has 2 N–H and O–H groups in total. The number of nitrogens with two attached hydrogens (primary N) is 1. The summed E-state index contributed by atoms with van der Waals surface area (Å²) >= 11 is 0. The highest BCUT2D eigenvalue weighted by atomic mass is 31.2. The molecule has 1 rings (SSSR count). The Morgan fingerprint density at radius 2 is 1.38 bits per heavy atom. The molecule has 1 fully saturated rings. The van der Waals surface area contributed by atoms with E-state index in [-0.39, 0.29) is 15.7 Å². The molecule has 0 aromatic heterocycles. The SMILES string of the molecule is CCC1(C)C(C)(C)P(N)(=O)C1(C)C. The fraction of sp³-hybridized carbons (Fsp3) is 1.00. The first-order chi connectivity index (χ1) is 5.56. The lowest BCUT2D eigenvalue weighted by molar-refractivity contribution is 0.108. The molecule has 0 bridgehead atoms. The van der Waals surface area contributed by atoms with Crippen LogP contribution >= 0.6 is 7.29 Å². The van der Waals surface area contributed by atoms with Crippen LogP contribution in [0, 0.1) is 5.41 Å². The van der Waals surface area contributed by atoms with E-state index in [1.54, 1.807) is 0 Å². The summed E-state index contributed by atoms with van der Waals surface area (Å²) in [5, 5.41) is -0.420. The van der Waals surface area contributed by atoms with E-state index in [0.717, 1.165) is 6.42 Å². The predicted octanol–water partition coefficient (Wildman–Crippen LogP) is 3.21. The van der Waals surface area contributed by atoms with Crippen LogP contribution in [-0.2, 0) is 4.57 Å². The van der Waals surface area contributed by atoms with Crippen molar-refractivity contribution in [3.8, 4) is 0 Å². The van der Waals surface area contributed by atoms with Crippen LogP contribution in [0.25, 0.3) is 0 Å². The highest BCUT2D eigenvalue weighted by molar-refractivity contribution is 7.66. The molecule has 1 heterocycles. The molecule has 2 nitrogen and oxygen atoms in total. The van der Waals surface area contributed by atoms with E-state index >= 15 is 0 Å². The van der Waals surface area contributed by atoms with Crippen LogP contribution in [0.15, 0.2) is 0 Å². The zero-order chi connectivity index (χ0) is 10.7. The minimum Gasteiger partial charge on any atom is -0.306 e. The van der Waals surface area contributed by atoms with Crippen molar-refractivity contribution >= 4 is 7.29 Å². The first kappa shape index (κ1) is 11.3. The molecule has 0 aliphatic carbocycles. The molecule has 78 valence electrons. The molecule has 0 aromatic carbocycles. The number of hydrogen-bond donors (Lipinski definition) is 1. The van der Waals surface area contributed by atoms with Crippen molar-refractivity contribution in [1.82, 2.24) is 0 Å². The molecule has 3 heteroatoms. The molecular weight excluding hydrogens is 181 g/mol. The second kappa shape index (κ2) is 2.41. The van der Waals surface area contributed by atoms with Crippen LogP contribution in [0.2, 0.25) is 0 Å². The van der Waals surface area contributed by atoms with Crippen molar-refractivity contribution < 1.29 is 4.57 Å². The molecule has 0 unspecified atom stereocenters. The standard InChI is InChI=1S/C10H22NOP/c1-7-10(6)8(2,3)13(11,12)9(10,4)5/h7H2,1-6H3,(H2,11,12). The molecule has 13 heavy (non-hydrogen) atoms. The van der Waals surface area contributed by atoms with Crippen LogP contribution in [0.4, 0.5) is 0 Å².